The van der Waals surface area contributed by atoms with Gasteiger partial charge < -0.3 is 10.0 Å². The van der Waals surface area contributed by atoms with Gasteiger partial charge in [0.1, 0.15) is 5.69 Å². The van der Waals surface area contributed by atoms with E-state index in [-0.39, 0.29) is 23.2 Å². The minimum atomic E-state index is -1.04. The van der Waals surface area contributed by atoms with Crippen LogP contribution in [0, 0.1) is 6.92 Å². The summed E-state index contributed by atoms with van der Waals surface area (Å²) in [4.78, 5) is 33.8. The van der Waals surface area contributed by atoms with Crippen molar-refractivity contribution in [1.29, 1.82) is 0 Å². The van der Waals surface area contributed by atoms with E-state index >= 15 is 0 Å². The molecule has 23 heavy (non-hydrogen) atoms. The number of amides is 1. The number of aromatic carboxylic acids is 1. The van der Waals surface area contributed by atoms with Crippen LogP contribution in [0.4, 0.5) is 0 Å². The molecule has 0 radical (unpaired) electrons. The summed E-state index contributed by atoms with van der Waals surface area (Å²) in [5, 5.41) is 11.9. The highest BCUT2D eigenvalue weighted by molar-refractivity contribution is 7.09. The summed E-state index contributed by atoms with van der Waals surface area (Å²) >= 11 is 1.56. The SMILES string of the molecule is Cc1nc(C(=O)N(CCc2nccs2)C(C)C)ccc1C(=O)O. The number of carboxylic acid groups (broad SMARTS) is 1. The van der Waals surface area contributed by atoms with E-state index < -0.39 is 5.97 Å². The van der Waals surface area contributed by atoms with Crippen LogP contribution in [0.25, 0.3) is 0 Å². The minimum absolute atomic E-state index is 0.0173. The van der Waals surface area contributed by atoms with Gasteiger partial charge in [0, 0.05) is 30.6 Å². The maximum absolute atomic E-state index is 12.7. The smallest absolute Gasteiger partial charge is 0.337 e. The molecule has 2 aromatic heterocycles. The van der Waals surface area contributed by atoms with E-state index in [9.17, 15) is 9.59 Å². The first-order valence-electron chi connectivity index (χ1n) is 7.30. The van der Waals surface area contributed by atoms with Gasteiger partial charge in [0.05, 0.1) is 16.3 Å². The first kappa shape index (κ1) is 17.1. The Labute approximate surface area is 138 Å². The van der Waals surface area contributed by atoms with Crippen molar-refractivity contribution in [2.75, 3.05) is 6.54 Å². The number of thiazole rings is 1. The zero-order chi connectivity index (χ0) is 17.0. The van der Waals surface area contributed by atoms with Crippen molar-refractivity contribution in [1.82, 2.24) is 14.9 Å². The minimum Gasteiger partial charge on any atom is -0.478 e. The van der Waals surface area contributed by atoms with Gasteiger partial charge in [0.2, 0.25) is 0 Å². The molecule has 2 heterocycles. The predicted molar refractivity (Wildman–Crippen MR) is 87.9 cm³/mol. The average Bonchev–Trinajstić information content (AvgIpc) is 2.99. The molecule has 0 spiro atoms. The van der Waals surface area contributed by atoms with Crippen molar-refractivity contribution in [2.24, 2.45) is 0 Å². The molecule has 0 aliphatic rings. The topological polar surface area (TPSA) is 83.4 Å². The van der Waals surface area contributed by atoms with Gasteiger partial charge in [0.25, 0.3) is 5.91 Å². The van der Waals surface area contributed by atoms with Crippen molar-refractivity contribution in [3.8, 4) is 0 Å². The first-order valence-corrected chi connectivity index (χ1v) is 8.18. The Morgan fingerprint density at radius 1 is 1.35 bits per heavy atom. The van der Waals surface area contributed by atoms with Gasteiger partial charge >= 0.3 is 5.97 Å². The molecule has 0 aliphatic heterocycles. The molecule has 0 saturated carbocycles. The third kappa shape index (κ3) is 4.13. The van der Waals surface area contributed by atoms with Crippen LogP contribution in [0.2, 0.25) is 0 Å². The van der Waals surface area contributed by atoms with Gasteiger partial charge in [-0.3, -0.25) is 4.79 Å². The summed E-state index contributed by atoms with van der Waals surface area (Å²) in [6.45, 7) is 6.03. The third-order valence-corrected chi connectivity index (χ3v) is 4.31. The number of aromatic nitrogens is 2. The number of carboxylic acids is 1. The summed E-state index contributed by atoms with van der Waals surface area (Å²) in [5.74, 6) is -1.24. The summed E-state index contributed by atoms with van der Waals surface area (Å²) in [6, 6.07) is 2.91. The van der Waals surface area contributed by atoms with Crippen LogP contribution in [0.15, 0.2) is 23.7 Å². The quantitative estimate of drug-likeness (QED) is 0.878. The number of aryl methyl sites for hydroxylation is 1. The van der Waals surface area contributed by atoms with E-state index in [1.165, 1.54) is 12.1 Å². The Hall–Kier alpha value is -2.28. The summed E-state index contributed by atoms with van der Waals surface area (Å²) in [7, 11) is 0. The van der Waals surface area contributed by atoms with Crippen LogP contribution in [0.3, 0.4) is 0 Å². The lowest BCUT2D eigenvalue weighted by molar-refractivity contribution is 0.0682. The van der Waals surface area contributed by atoms with Crippen molar-refractivity contribution >= 4 is 23.2 Å². The lowest BCUT2D eigenvalue weighted by Crippen LogP contribution is -2.39. The number of carbonyl (C=O) groups excluding carboxylic acids is 1. The van der Waals surface area contributed by atoms with E-state index in [0.29, 0.717) is 18.7 Å². The Kier molecular flexibility index (Phi) is 5.44. The van der Waals surface area contributed by atoms with Gasteiger partial charge in [-0.15, -0.1) is 11.3 Å². The number of hydrogen-bond donors (Lipinski definition) is 1. The van der Waals surface area contributed by atoms with E-state index in [0.717, 1.165) is 5.01 Å². The standard InChI is InChI=1S/C16H19N3O3S/c1-10(2)19(8-6-14-17-7-9-23-14)15(20)13-5-4-12(16(21)22)11(3)18-13/h4-5,7,9-10H,6,8H2,1-3H3,(H,21,22). The molecule has 2 aromatic rings. The summed E-state index contributed by atoms with van der Waals surface area (Å²) < 4.78 is 0. The second-order valence-electron chi connectivity index (χ2n) is 5.40. The second kappa shape index (κ2) is 7.32. The van der Waals surface area contributed by atoms with Crippen molar-refractivity contribution in [3.63, 3.8) is 0 Å². The van der Waals surface area contributed by atoms with Crippen LogP contribution in [-0.2, 0) is 6.42 Å². The molecule has 122 valence electrons. The van der Waals surface area contributed by atoms with Gasteiger partial charge in [-0.1, -0.05) is 0 Å². The maximum Gasteiger partial charge on any atom is 0.337 e. The number of pyridine rings is 1. The zero-order valence-corrected chi connectivity index (χ0v) is 14.1. The maximum atomic E-state index is 12.7. The van der Waals surface area contributed by atoms with Crippen molar-refractivity contribution in [3.05, 3.63) is 45.7 Å². The first-order chi connectivity index (χ1) is 10.9. The second-order valence-corrected chi connectivity index (χ2v) is 6.38. The fourth-order valence-electron chi connectivity index (χ4n) is 2.24. The highest BCUT2D eigenvalue weighted by Crippen LogP contribution is 2.13. The Morgan fingerprint density at radius 3 is 2.61 bits per heavy atom. The molecule has 0 aliphatic carbocycles. The van der Waals surface area contributed by atoms with Crippen molar-refractivity contribution in [2.45, 2.75) is 33.2 Å². The molecule has 0 fully saturated rings. The van der Waals surface area contributed by atoms with Crippen molar-refractivity contribution < 1.29 is 14.7 Å². The molecule has 0 unspecified atom stereocenters. The fourth-order valence-corrected chi connectivity index (χ4v) is 2.85. The highest BCUT2D eigenvalue weighted by Gasteiger charge is 2.21. The average molecular weight is 333 g/mol. The molecule has 2 rings (SSSR count). The van der Waals surface area contributed by atoms with E-state index in [2.05, 4.69) is 9.97 Å². The Bertz CT molecular complexity index is 699. The van der Waals surface area contributed by atoms with E-state index in [1.54, 1.807) is 29.4 Å². The summed E-state index contributed by atoms with van der Waals surface area (Å²) in [6.07, 6.45) is 2.44. The molecule has 0 bridgehead atoms. The molecule has 7 heteroatoms. The van der Waals surface area contributed by atoms with Gasteiger partial charge in [0.15, 0.2) is 0 Å². The van der Waals surface area contributed by atoms with Gasteiger partial charge in [-0.2, -0.15) is 0 Å². The number of nitrogens with zero attached hydrogens (tertiary/aromatic N) is 3. The van der Waals surface area contributed by atoms with Crippen LogP contribution in [0.5, 0.6) is 0 Å². The van der Waals surface area contributed by atoms with Crippen LogP contribution in [-0.4, -0.2) is 44.4 Å². The molecule has 0 aromatic carbocycles. The molecular weight excluding hydrogens is 314 g/mol. The van der Waals surface area contributed by atoms with Gasteiger partial charge in [-0.25, -0.2) is 14.8 Å². The zero-order valence-electron chi connectivity index (χ0n) is 13.3. The van der Waals surface area contributed by atoms with E-state index in [4.69, 9.17) is 5.11 Å². The van der Waals surface area contributed by atoms with Gasteiger partial charge in [-0.05, 0) is 32.9 Å². The molecular formula is C16H19N3O3S. The van der Waals surface area contributed by atoms with Crippen LogP contribution < -0.4 is 0 Å². The normalized spacial score (nSPS) is 10.8. The monoisotopic (exact) mass is 333 g/mol. The third-order valence-electron chi connectivity index (χ3n) is 3.47. The molecule has 0 saturated heterocycles. The Morgan fingerprint density at radius 2 is 2.09 bits per heavy atom. The Balaban J connectivity index is 2.17. The molecule has 0 atom stereocenters. The predicted octanol–water partition coefficient (Wildman–Crippen LogP) is 2.64. The number of carbonyl (C=O) groups is 2. The fraction of sp³-hybridized carbons (Fsp3) is 0.375. The van der Waals surface area contributed by atoms with Crippen LogP contribution >= 0.6 is 11.3 Å². The van der Waals surface area contributed by atoms with Crippen LogP contribution in [0.1, 0.15) is 45.4 Å². The number of rotatable bonds is 6. The molecule has 1 amide bonds. The lowest BCUT2D eigenvalue weighted by atomic mass is 10.1. The van der Waals surface area contributed by atoms with E-state index in [1.807, 2.05) is 19.2 Å². The highest BCUT2D eigenvalue weighted by atomic mass is 32.1. The lowest BCUT2D eigenvalue weighted by Gasteiger charge is -2.26. The summed E-state index contributed by atoms with van der Waals surface area (Å²) in [5.41, 5.74) is 0.716. The largest absolute Gasteiger partial charge is 0.478 e. The molecule has 6 nitrogen and oxygen atoms in total. The number of hydrogen-bond acceptors (Lipinski definition) is 5. The molecule has 1 N–H and O–H groups in total.